The van der Waals surface area contributed by atoms with Crippen molar-refractivity contribution in [1.29, 1.82) is 0 Å². The number of halogens is 1. The molecule has 3 aromatic rings. The summed E-state index contributed by atoms with van der Waals surface area (Å²) in [5.74, 6) is -0.299. The lowest BCUT2D eigenvalue weighted by atomic mass is 10.2. The fourth-order valence-corrected chi connectivity index (χ4v) is 3.29. The fourth-order valence-electron chi connectivity index (χ4n) is 1.49. The number of nitrogens with zero attached hydrogens (tertiary/aromatic N) is 4. The van der Waals surface area contributed by atoms with Gasteiger partial charge in [-0.3, -0.25) is 0 Å². The maximum absolute atomic E-state index is 13.3. The summed E-state index contributed by atoms with van der Waals surface area (Å²) < 4.78 is 14.1. The van der Waals surface area contributed by atoms with E-state index in [1.54, 1.807) is 6.07 Å². The number of fused-ring (bicyclic) bond motifs is 1. The summed E-state index contributed by atoms with van der Waals surface area (Å²) >= 11 is 2.86. The maximum Gasteiger partial charge on any atom is 0.180 e. The van der Waals surface area contributed by atoms with Crippen LogP contribution in [0, 0.1) is 12.7 Å². The topological polar surface area (TPSA) is 51.6 Å². The average molecular weight is 278 g/mol. The first-order valence-electron chi connectivity index (χ1n) is 5.10. The molecule has 0 unspecified atom stereocenters. The molecule has 3 rings (SSSR count). The molecule has 0 N–H and O–H groups in total. The van der Waals surface area contributed by atoms with Crippen molar-refractivity contribution in [3.8, 4) is 0 Å². The summed E-state index contributed by atoms with van der Waals surface area (Å²) in [6.45, 7) is 1.89. The van der Waals surface area contributed by atoms with Crippen molar-refractivity contribution in [3.63, 3.8) is 0 Å². The summed E-state index contributed by atoms with van der Waals surface area (Å²) in [5, 5.41) is 10.2. The first kappa shape index (κ1) is 11.5. The average Bonchev–Trinajstić information content (AvgIpc) is 2.76. The molecule has 0 saturated carbocycles. The van der Waals surface area contributed by atoms with Crippen molar-refractivity contribution in [1.82, 2.24) is 20.2 Å². The van der Waals surface area contributed by atoms with Gasteiger partial charge in [-0.15, -0.1) is 10.2 Å². The van der Waals surface area contributed by atoms with Gasteiger partial charge in [0.15, 0.2) is 4.34 Å². The predicted molar refractivity (Wildman–Crippen MR) is 68.3 cm³/mol. The minimum Gasteiger partial charge on any atom is -0.236 e. The second-order valence-electron chi connectivity index (χ2n) is 3.53. The van der Waals surface area contributed by atoms with Crippen molar-refractivity contribution < 1.29 is 4.39 Å². The molecule has 2 heterocycles. The van der Waals surface area contributed by atoms with Crippen LogP contribution in [0.5, 0.6) is 0 Å². The van der Waals surface area contributed by atoms with Crippen LogP contribution in [-0.4, -0.2) is 20.2 Å². The van der Waals surface area contributed by atoms with E-state index in [4.69, 9.17) is 0 Å². The normalized spacial score (nSPS) is 11.0. The van der Waals surface area contributed by atoms with E-state index in [-0.39, 0.29) is 5.82 Å². The van der Waals surface area contributed by atoms with E-state index < -0.39 is 0 Å². The van der Waals surface area contributed by atoms with E-state index in [9.17, 15) is 4.39 Å². The number of hydrogen-bond donors (Lipinski definition) is 0. The second-order valence-corrected chi connectivity index (χ2v) is 5.95. The van der Waals surface area contributed by atoms with Crippen LogP contribution in [0.4, 0.5) is 4.39 Å². The molecule has 1 aromatic carbocycles. The van der Waals surface area contributed by atoms with Gasteiger partial charge in [0, 0.05) is 5.39 Å². The first-order valence-corrected chi connectivity index (χ1v) is 6.74. The first-order chi connectivity index (χ1) is 8.72. The molecule has 90 valence electrons. The highest BCUT2D eigenvalue weighted by molar-refractivity contribution is 8.01. The highest BCUT2D eigenvalue weighted by atomic mass is 32.2. The predicted octanol–water partition coefficient (Wildman–Crippen LogP) is 3.08. The Kier molecular flexibility index (Phi) is 2.92. The zero-order valence-electron chi connectivity index (χ0n) is 9.29. The third-order valence-corrected chi connectivity index (χ3v) is 4.16. The number of rotatable bonds is 2. The molecule has 7 heteroatoms. The molecule has 0 aliphatic heterocycles. The minimum absolute atomic E-state index is 0.299. The van der Waals surface area contributed by atoms with Gasteiger partial charge in [0.25, 0.3) is 0 Å². The van der Waals surface area contributed by atoms with E-state index in [0.29, 0.717) is 10.4 Å². The van der Waals surface area contributed by atoms with Crippen LogP contribution in [-0.2, 0) is 0 Å². The fraction of sp³-hybridized carbons (Fsp3) is 0.0909. The van der Waals surface area contributed by atoms with Crippen molar-refractivity contribution in [2.75, 3.05) is 0 Å². The maximum atomic E-state index is 13.3. The zero-order chi connectivity index (χ0) is 12.5. The molecule has 0 spiro atoms. The lowest BCUT2D eigenvalue weighted by molar-refractivity contribution is 0.629. The molecule has 0 fully saturated rings. The van der Waals surface area contributed by atoms with Gasteiger partial charge in [-0.1, -0.05) is 11.3 Å². The standard InChI is InChI=1S/C11H7FN4S2/c1-6-15-16-11(17-6)18-10-8-4-7(12)2-3-9(8)13-5-14-10/h2-5H,1H3. The molecule has 0 aliphatic carbocycles. The van der Waals surface area contributed by atoms with Gasteiger partial charge in [-0.25, -0.2) is 14.4 Å². The van der Waals surface area contributed by atoms with Gasteiger partial charge in [-0.05, 0) is 36.9 Å². The lowest BCUT2D eigenvalue weighted by Crippen LogP contribution is -1.87. The molecule has 0 atom stereocenters. The summed E-state index contributed by atoms with van der Waals surface area (Å²) in [5.41, 5.74) is 0.718. The highest BCUT2D eigenvalue weighted by Gasteiger charge is 2.09. The van der Waals surface area contributed by atoms with E-state index in [0.717, 1.165) is 14.9 Å². The SMILES string of the molecule is Cc1nnc(Sc2ncnc3ccc(F)cc23)s1. The summed E-state index contributed by atoms with van der Waals surface area (Å²) in [7, 11) is 0. The Morgan fingerprint density at radius 3 is 2.89 bits per heavy atom. The van der Waals surface area contributed by atoms with Crippen LogP contribution in [0.15, 0.2) is 33.9 Å². The Morgan fingerprint density at radius 2 is 2.11 bits per heavy atom. The van der Waals surface area contributed by atoms with Crippen LogP contribution in [0.2, 0.25) is 0 Å². The second kappa shape index (κ2) is 4.58. The zero-order valence-corrected chi connectivity index (χ0v) is 10.9. The summed E-state index contributed by atoms with van der Waals surface area (Å²) in [4.78, 5) is 8.28. The van der Waals surface area contributed by atoms with Crippen LogP contribution in [0.3, 0.4) is 0 Å². The van der Waals surface area contributed by atoms with E-state index >= 15 is 0 Å². The summed E-state index contributed by atoms with van der Waals surface area (Å²) in [6, 6.07) is 4.46. The third-order valence-electron chi connectivity index (χ3n) is 2.25. The molecule has 18 heavy (non-hydrogen) atoms. The Hall–Kier alpha value is -1.60. The lowest BCUT2D eigenvalue weighted by Gasteiger charge is -2.02. The van der Waals surface area contributed by atoms with Crippen molar-refractivity contribution in [2.45, 2.75) is 16.3 Å². The summed E-state index contributed by atoms with van der Waals surface area (Å²) in [6.07, 6.45) is 1.47. The molecule has 0 saturated heterocycles. The largest absolute Gasteiger partial charge is 0.236 e. The number of hydrogen-bond acceptors (Lipinski definition) is 6. The van der Waals surface area contributed by atoms with Crippen LogP contribution >= 0.6 is 23.1 Å². The Morgan fingerprint density at radius 1 is 1.22 bits per heavy atom. The number of aromatic nitrogens is 4. The molecular formula is C11H7FN4S2. The highest BCUT2D eigenvalue weighted by Crippen LogP contribution is 2.32. The van der Waals surface area contributed by atoms with Crippen LogP contribution in [0.1, 0.15) is 5.01 Å². The van der Waals surface area contributed by atoms with E-state index in [1.807, 2.05) is 6.92 Å². The third kappa shape index (κ3) is 2.19. The Balaban J connectivity index is 2.08. The molecule has 4 nitrogen and oxygen atoms in total. The molecule has 0 aliphatic rings. The molecule has 0 bridgehead atoms. The van der Waals surface area contributed by atoms with Gasteiger partial charge in [0.05, 0.1) is 5.52 Å². The van der Waals surface area contributed by atoms with Gasteiger partial charge >= 0.3 is 0 Å². The van der Waals surface area contributed by atoms with Gasteiger partial charge < -0.3 is 0 Å². The molecule has 0 amide bonds. The monoisotopic (exact) mass is 278 g/mol. The minimum atomic E-state index is -0.299. The van der Waals surface area contributed by atoms with Crippen molar-refractivity contribution in [2.24, 2.45) is 0 Å². The smallest absolute Gasteiger partial charge is 0.180 e. The van der Waals surface area contributed by atoms with Crippen LogP contribution < -0.4 is 0 Å². The molecule has 0 radical (unpaired) electrons. The van der Waals surface area contributed by atoms with E-state index in [1.165, 1.54) is 41.6 Å². The Labute approximate surface area is 110 Å². The van der Waals surface area contributed by atoms with E-state index in [2.05, 4.69) is 20.2 Å². The van der Waals surface area contributed by atoms with Gasteiger partial charge in [0.1, 0.15) is 22.2 Å². The van der Waals surface area contributed by atoms with Crippen LogP contribution in [0.25, 0.3) is 10.9 Å². The number of aryl methyl sites for hydroxylation is 1. The molecular weight excluding hydrogens is 271 g/mol. The van der Waals surface area contributed by atoms with Gasteiger partial charge in [-0.2, -0.15) is 0 Å². The Bertz CT molecular complexity index is 713. The van der Waals surface area contributed by atoms with Crippen molar-refractivity contribution in [3.05, 3.63) is 35.4 Å². The van der Waals surface area contributed by atoms with Crippen molar-refractivity contribution >= 4 is 34.0 Å². The number of benzene rings is 1. The quantitative estimate of drug-likeness (QED) is 0.674. The molecule has 2 aromatic heterocycles. The van der Waals surface area contributed by atoms with Gasteiger partial charge in [0.2, 0.25) is 0 Å².